The summed E-state index contributed by atoms with van der Waals surface area (Å²) in [6.07, 6.45) is 2.00. The summed E-state index contributed by atoms with van der Waals surface area (Å²) >= 11 is 1.63. The third-order valence-electron chi connectivity index (χ3n) is 2.83. The van der Waals surface area contributed by atoms with Crippen LogP contribution in [0.4, 0.5) is 0 Å². The summed E-state index contributed by atoms with van der Waals surface area (Å²) in [6, 6.07) is 14.5. The van der Waals surface area contributed by atoms with Crippen LogP contribution < -0.4 is 14.9 Å². The SMILES string of the molecule is CSc1ccccc1OCCOc1cccc(B(O)O)c1. The number of thioether (sulfide) groups is 1. The van der Waals surface area contributed by atoms with E-state index in [1.54, 1.807) is 36.0 Å². The molecule has 0 aromatic heterocycles. The standard InChI is InChI=1S/C15H17BO4S/c1-21-15-8-3-2-7-14(15)20-10-9-19-13-6-4-5-12(11-13)16(17)18/h2-8,11,17-18H,9-10H2,1H3. The molecule has 0 aliphatic rings. The fourth-order valence-corrected chi connectivity index (χ4v) is 2.36. The van der Waals surface area contributed by atoms with Gasteiger partial charge in [-0.25, -0.2) is 0 Å². The summed E-state index contributed by atoms with van der Waals surface area (Å²) in [5.41, 5.74) is 0.404. The average molecular weight is 304 g/mol. The van der Waals surface area contributed by atoms with E-state index in [-0.39, 0.29) is 0 Å². The Morgan fingerprint density at radius 1 is 1.00 bits per heavy atom. The summed E-state index contributed by atoms with van der Waals surface area (Å²) in [5.74, 6) is 1.43. The van der Waals surface area contributed by atoms with Crippen LogP contribution in [0.1, 0.15) is 0 Å². The summed E-state index contributed by atoms with van der Waals surface area (Å²) in [5, 5.41) is 18.2. The van der Waals surface area contributed by atoms with E-state index >= 15 is 0 Å². The molecule has 2 aromatic rings. The minimum atomic E-state index is -1.49. The normalized spacial score (nSPS) is 10.2. The van der Waals surface area contributed by atoms with Crippen molar-refractivity contribution in [1.29, 1.82) is 0 Å². The molecule has 0 atom stereocenters. The maximum atomic E-state index is 9.10. The van der Waals surface area contributed by atoms with E-state index in [4.69, 9.17) is 19.5 Å². The van der Waals surface area contributed by atoms with Crippen molar-refractivity contribution in [3.8, 4) is 11.5 Å². The number of para-hydroxylation sites is 1. The Hall–Kier alpha value is -1.63. The van der Waals surface area contributed by atoms with Crippen LogP contribution in [0.2, 0.25) is 0 Å². The number of hydrogen-bond donors (Lipinski definition) is 2. The summed E-state index contributed by atoms with van der Waals surface area (Å²) in [6.45, 7) is 0.803. The van der Waals surface area contributed by atoms with E-state index in [9.17, 15) is 0 Å². The highest BCUT2D eigenvalue weighted by molar-refractivity contribution is 7.98. The Bertz CT molecular complexity index is 577. The quantitative estimate of drug-likeness (QED) is 0.462. The van der Waals surface area contributed by atoms with Gasteiger partial charge in [0.2, 0.25) is 0 Å². The fourth-order valence-electron chi connectivity index (χ4n) is 1.81. The molecular weight excluding hydrogens is 287 g/mol. The first-order chi connectivity index (χ1) is 10.2. The van der Waals surface area contributed by atoms with Crippen LogP contribution in [-0.2, 0) is 0 Å². The molecule has 0 saturated carbocycles. The third-order valence-corrected chi connectivity index (χ3v) is 3.61. The molecule has 0 amide bonds. The Balaban J connectivity index is 1.83. The van der Waals surface area contributed by atoms with Gasteiger partial charge in [-0.2, -0.15) is 0 Å². The van der Waals surface area contributed by atoms with E-state index in [0.29, 0.717) is 24.4 Å². The Morgan fingerprint density at radius 2 is 1.76 bits per heavy atom. The van der Waals surface area contributed by atoms with Crippen molar-refractivity contribution in [1.82, 2.24) is 0 Å². The second-order valence-electron chi connectivity index (χ2n) is 4.29. The number of rotatable bonds is 7. The highest BCUT2D eigenvalue weighted by atomic mass is 32.2. The minimum Gasteiger partial charge on any atom is -0.490 e. The Labute approximate surface area is 128 Å². The second kappa shape index (κ2) is 7.97. The van der Waals surface area contributed by atoms with E-state index in [2.05, 4.69) is 0 Å². The van der Waals surface area contributed by atoms with E-state index < -0.39 is 7.12 Å². The molecule has 2 rings (SSSR count). The van der Waals surface area contributed by atoms with Crippen molar-refractivity contribution >= 4 is 24.3 Å². The predicted octanol–water partition coefficient (Wildman–Crippen LogP) is 1.55. The molecule has 2 N–H and O–H groups in total. The summed E-state index contributed by atoms with van der Waals surface area (Å²) in [4.78, 5) is 1.09. The number of benzene rings is 2. The van der Waals surface area contributed by atoms with E-state index in [0.717, 1.165) is 10.6 Å². The maximum absolute atomic E-state index is 9.10. The molecule has 2 aromatic carbocycles. The molecule has 0 aliphatic heterocycles. The molecule has 0 fully saturated rings. The molecule has 0 radical (unpaired) electrons. The number of hydrogen-bond acceptors (Lipinski definition) is 5. The smallest absolute Gasteiger partial charge is 0.488 e. The van der Waals surface area contributed by atoms with Crippen molar-refractivity contribution in [2.24, 2.45) is 0 Å². The highest BCUT2D eigenvalue weighted by Gasteiger charge is 2.11. The van der Waals surface area contributed by atoms with Gasteiger partial charge in [-0.3, -0.25) is 0 Å². The Morgan fingerprint density at radius 3 is 2.52 bits per heavy atom. The van der Waals surface area contributed by atoms with Crippen LogP contribution in [-0.4, -0.2) is 36.6 Å². The van der Waals surface area contributed by atoms with Crippen molar-refractivity contribution in [3.05, 3.63) is 48.5 Å². The maximum Gasteiger partial charge on any atom is 0.488 e. The summed E-state index contributed by atoms with van der Waals surface area (Å²) < 4.78 is 11.2. The molecule has 0 bridgehead atoms. The molecular formula is C15H17BO4S. The zero-order valence-corrected chi connectivity index (χ0v) is 12.5. The highest BCUT2D eigenvalue weighted by Crippen LogP contribution is 2.26. The first-order valence-electron chi connectivity index (χ1n) is 6.55. The lowest BCUT2D eigenvalue weighted by Gasteiger charge is -2.11. The second-order valence-corrected chi connectivity index (χ2v) is 5.14. The first-order valence-corrected chi connectivity index (χ1v) is 7.78. The van der Waals surface area contributed by atoms with Crippen molar-refractivity contribution in [3.63, 3.8) is 0 Å². The predicted molar refractivity (Wildman–Crippen MR) is 85.5 cm³/mol. The fraction of sp³-hybridized carbons (Fsp3) is 0.200. The number of ether oxygens (including phenoxy) is 2. The van der Waals surface area contributed by atoms with Gasteiger partial charge < -0.3 is 19.5 Å². The van der Waals surface area contributed by atoms with Gasteiger partial charge in [-0.05, 0) is 36.0 Å². The average Bonchev–Trinajstić information content (AvgIpc) is 2.52. The van der Waals surface area contributed by atoms with Gasteiger partial charge in [0.1, 0.15) is 24.7 Å². The molecule has 0 unspecified atom stereocenters. The van der Waals surface area contributed by atoms with Gasteiger partial charge in [0.05, 0.1) is 0 Å². The van der Waals surface area contributed by atoms with Crippen LogP contribution in [0, 0.1) is 0 Å². The lowest BCUT2D eigenvalue weighted by molar-refractivity contribution is 0.214. The van der Waals surface area contributed by atoms with Crippen LogP contribution in [0.15, 0.2) is 53.4 Å². The topological polar surface area (TPSA) is 58.9 Å². The van der Waals surface area contributed by atoms with Gasteiger partial charge in [-0.15, -0.1) is 11.8 Å². The minimum absolute atomic E-state index is 0.383. The van der Waals surface area contributed by atoms with Gasteiger partial charge in [-0.1, -0.05) is 24.3 Å². The van der Waals surface area contributed by atoms with E-state index in [1.807, 2.05) is 30.5 Å². The zero-order valence-electron chi connectivity index (χ0n) is 11.7. The van der Waals surface area contributed by atoms with Gasteiger partial charge in [0.15, 0.2) is 0 Å². The molecule has 110 valence electrons. The monoisotopic (exact) mass is 304 g/mol. The van der Waals surface area contributed by atoms with Crippen LogP contribution >= 0.6 is 11.8 Å². The van der Waals surface area contributed by atoms with Crippen LogP contribution in [0.5, 0.6) is 11.5 Å². The lowest BCUT2D eigenvalue weighted by Crippen LogP contribution is -2.29. The molecule has 4 nitrogen and oxygen atoms in total. The van der Waals surface area contributed by atoms with Gasteiger partial charge in [0.25, 0.3) is 0 Å². The zero-order chi connectivity index (χ0) is 15.1. The first kappa shape index (κ1) is 15.8. The van der Waals surface area contributed by atoms with Gasteiger partial charge >= 0.3 is 7.12 Å². The molecule has 0 aliphatic carbocycles. The van der Waals surface area contributed by atoms with Crippen molar-refractivity contribution < 1.29 is 19.5 Å². The molecule has 0 spiro atoms. The van der Waals surface area contributed by atoms with Crippen molar-refractivity contribution in [2.75, 3.05) is 19.5 Å². The largest absolute Gasteiger partial charge is 0.490 e. The molecule has 21 heavy (non-hydrogen) atoms. The molecule has 0 heterocycles. The van der Waals surface area contributed by atoms with Crippen LogP contribution in [0.3, 0.4) is 0 Å². The Kier molecular flexibility index (Phi) is 5.98. The molecule has 6 heteroatoms. The summed E-state index contributed by atoms with van der Waals surface area (Å²) in [7, 11) is -1.49. The third kappa shape index (κ3) is 4.70. The van der Waals surface area contributed by atoms with E-state index in [1.165, 1.54) is 0 Å². The molecule has 0 saturated heterocycles. The lowest BCUT2D eigenvalue weighted by atomic mass is 9.80. The van der Waals surface area contributed by atoms with Gasteiger partial charge in [0, 0.05) is 4.90 Å². The van der Waals surface area contributed by atoms with Crippen molar-refractivity contribution in [2.45, 2.75) is 4.90 Å². The van der Waals surface area contributed by atoms with Crippen LogP contribution in [0.25, 0.3) is 0 Å².